The molecule has 30 heavy (non-hydrogen) atoms. The smallest absolute Gasteiger partial charge is 0.254 e. The second-order valence-electron chi connectivity index (χ2n) is 7.54. The maximum Gasteiger partial charge on any atom is 0.254 e. The molecule has 0 saturated carbocycles. The van der Waals surface area contributed by atoms with Crippen LogP contribution in [0, 0.1) is 5.82 Å². The summed E-state index contributed by atoms with van der Waals surface area (Å²) in [5, 5.41) is 6.19. The van der Waals surface area contributed by atoms with Crippen LogP contribution in [0.5, 0.6) is 0 Å². The van der Waals surface area contributed by atoms with Crippen molar-refractivity contribution in [3.8, 4) is 11.4 Å². The third-order valence-electron chi connectivity index (χ3n) is 5.59. The van der Waals surface area contributed by atoms with Gasteiger partial charge < -0.3 is 9.42 Å². The number of piperidine rings is 1. The minimum atomic E-state index is -0.318. The van der Waals surface area contributed by atoms with Gasteiger partial charge in [0, 0.05) is 17.7 Å². The number of carbonyl (C=O) groups excluding carboxylic acids is 1. The Labute approximate surface area is 173 Å². The molecule has 1 unspecified atom stereocenters. The normalized spacial score (nSPS) is 16.7. The Hall–Kier alpha value is -3.54. The van der Waals surface area contributed by atoms with Crippen LogP contribution < -0.4 is 0 Å². The fourth-order valence-electron chi connectivity index (χ4n) is 4.01. The van der Waals surface area contributed by atoms with Crippen LogP contribution >= 0.6 is 0 Å². The molecular formula is C24H20FN3O2. The van der Waals surface area contributed by atoms with Gasteiger partial charge in [-0.15, -0.1) is 0 Å². The number of hydrogen-bond acceptors (Lipinski definition) is 4. The lowest BCUT2D eigenvalue weighted by Crippen LogP contribution is -2.38. The van der Waals surface area contributed by atoms with Crippen LogP contribution in [0.25, 0.3) is 22.2 Å². The molecule has 0 radical (unpaired) electrons. The number of nitrogens with zero attached hydrogens (tertiary/aromatic N) is 3. The highest BCUT2D eigenvalue weighted by molar-refractivity contribution is 5.98. The summed E-state index contributed by atoms with van der Waals surface area (Å²) >= 11 is 0. The molecule has 0 bridgehead atoms. The van der Waals surface area contributed by atoms with Crippen LogP contribution in [0.2, 0.25) is 0 Å². The first-order valence-electron chi connectivity index (χ1n) is 10.1. The first-order chi connectivity index (χ1) is 14.7. The van der Waals surface area contributed by atoms with E-state index in [0.717, 1.165) is 30.0 Å². The van der Waals surface area contributed by atoms with E-state index in [9.17, 15) is 9.18 Å². The number of carbonyl (C=O) groups is 1. The van der Waals surface area contributed by atoms with Crippen LogP contribution in [0.15, 0.2) is 71.3 Å². The molecule has 0 N–H and O–H groups in total. The van der Waals surface area contributed by atoms with Crippen molar-refractivity contribution in [1.29, 1.82) is 0 Å². The Morgan fingerprint density at radius 1 is 1.00 bits per heavy atom. The maximum absolute atomic E-state index is 13.3. The minimum absolute atomic E-state index is 0.0352. The summed E-state index contributed by atoms with van der Waals surface area (Å²) in [6, 6.07) is 19.5. The van der Waals surface area contributed by atoms with Gasteiger partial charge in [-0.25, -0.2) is 4.39 Å². The lowest BCUT2D eigenvalue weighted by Gasteiger charge is -2.33. The van der Waals surface area contributed by atoms with E-state index >= 15 is 0 Å². The van der Waals surface area contributed by atoms with Crippen LogP contribution in [-0.2, 0) is 0 Å². The molecule has 4 aromatic rings. The first-order valence-corrected chi connectivity index (χ1v) is 10.1. The Balaban J connectivity index is 1.44. The monoisotopic (exact) mass is 401 g/mol. The van der Waals surface area contributed by atoms with Gasteiger partial charge in [0.15, 0.2) is 0 Å². The highest BCUT2D eigenvalue weighted by Gasteiger charge is 2.32. The quantitative estimate of drug-likeness (QED) is 0.461. The van der Waals surface area contributed by atoms with Gasteiger partial charge in [0.05, 0.1) is 0 Å². The number of hydrogen-bond donors (Lipinski definition) is 0. The van der Waals surface area contributed by atoms with Crippen molar-refractivity contribution in [2.75, 3.05) is 6.54 Å². The molecule has 1 atom stereocenters. The molecule has 2 heterocycles. The topological polar surface area (TPSA) is 59.2 Å². The molecule has 1 saturated heterocycles. The molecular weight excluding hydrogens is 381 g/mol. The number of fused-ring (bicyclic) bond motifs is 1. The minimum Gasteiger partial charge on any atom is -0.337 e. The molecule has 0 spiro atoms. The second-order valence-corrected chi connectivity index (χ2v) is 7.54. The average molecular weight is 401 g/mol. The number of amides is 1. The van der Waals surface area contributed by atoms with Crippen molar-refractivity contribution < 1.29 is 13.7 Å². The highest BCUT2D eigenvalue weighted by Crippen LogP contribution is 2.32. The van der Waals surface area contributed by atoms with E-state index in [4.69, 9.17) is 4.52 Å². The van der Waals surface area contributed by atoms with E-state index in [2.05, 4.69) is 10.1 Å². The number of aromatic nitrogens is 2. The summed E-state index contributed by atoms with van der Waals surface area (Å²) in [5.41, 5.74) is 1.33. The number of halogens is 1. The van der Waals surface area contributed by atoms with Gasteiger partial charge in [-0.3, -0.25) is 4.79 Å². The molecule has 1 amide bonds. The van der Waals surface area contributed by atoms with Gasteiger partial charge in [-0.05, 0) is 66.4 Å². The molecule has 5 nitrogen and oxygen atoms in total. The summed E-state index contributed by atoms with van der Waals surface area (Å²) in [6.07, 6.45) is 2.69. The standard InChI is InChI=1S/C24H20FN3O2/c25-20-12-10-17(11-13-20)22-26-23(30-27-22)21-7-3-4-14-28(21)24(29)19-9-8-16-5-1-2-6-18(16)15-19/h1-2,5-6,8-13,15,21H,3-4,7,14H2. The molecule has 5 rings (SSSR count). The van der Waals surface area contributed by atoms with Crippen molar-refractivity contribution in [3.63, 3.8) is 0 Å². The zero-order valence-corrected chi connectivity index (χ0v) is 16.3. The van der Waals surface area contributed by atoms with E-state index in [0.29, 0.717) is 29.4 Å². The second kappa shape index (κ2) is 7.71. The van der Waals surface area contributed by atoms with E-state index in [-0.39, 0.29) is 17.8 Å². The van der Waals surface area contributed by atoms with Gasteiger partial charge in [0.1, 0.15) is 11.9 Å². The van der Waals surface area contributed by atoms with Gasteiger partial charge in [-0.2, -0.15) is 4.98 Å². The number of likely N-dealkylation sites (tertiary alicyclic amines) is 1. The average Bonchev–Trinajstić information content (AvgIpc) is 3.29. The van der Waals surface area contributed by atoms with Gasteiger partial charge in [0.2, 0.25) is 11.7 Å². The lowest BCUT2D eigenvalue weighted by atomic mass is 9.99. The van der Waals surface area contributed by atoms with Crippen LogP contribution in [0.4, 0.5) is 4.39 Å². The van der Waals surface area contributed by atoms with Crippen LogP contribution in [0.1, 0.15) is 41.6 Å². The van der Waals surface area contributed by atoms with Crippen LogP contribution in [0.3, 0.4) is 0 Å². The third-order valence-corrected chi connectivity index (χ3v) is 5.59. The summed E-state index contributed by atoms with van der Waals surface area (Å²) < 4.78 is 18.7. The van der Waals surface area contributed by atoms with Crippen molar-refractivity contribution in [2.45, 2.75) is 25.3 Å². The number of benzene rings is 3. The fourth-order valence-corrected chi connectivity index (χ4v) is 4.01. The Bertz CT molecular complexity index is 1200. The third kappa shape index (κ3) is 3.45. The van der Waals surface area contributed by atoms with Crippen molar-refractivity contribution in [2.24, 2.45) is 0 Å². The summed E-state index contributed by atoms with van der Waals surface area (Å²) in [4.78, 5) is 19.7. The van der Waals surface area contributed by atoms with Crippen molar-refractivity contribution >= 4 is 16.7 Å². The Kier molecular flexibility index (Phi) is 4.75. The van der Waals surface area contributed by atoms with E-state index in [1.165, 1.54) is 12.1 Å². The van der Waals surface area contributed by atoms with E-state index in [1.807, 2.05) is 47.4 Å². The largest absolute Gasteiger partial charge is 0.337 e. The van der Waals surface area contributed by atoms with E-state index in [1.54, 1.807) is 12.1 Å². The predicted molar refractivity (Wildman–Crippen MR) is 111 cm³/mol. The van der Waals surface area contributed by atoms with Crippen molar-refractivity contribution in [3.05, 3.63) is 84.0 Å². The van der Waals surface area contributed by atoms with Crippen molar-refractivity contribution in [1.82, 2.24) is 15.0 Å². The van der Waals surface area contributed by atoms with Gasteiger partial charge in [0.25, 0.3) is 5.91 Å². The van der Waals surface area contributed by atoms with Gasteiger partial charge >= 0.3 is 0 Å². The summed E-state index contributed by atoms with van der Waals surface area (Å²) in [5.74, 6) is 0.464. The molecule has 6 heteroatoms. The predicted octanol–water partition coefficient (Wildman–Crippen LogP) is 5.40. The molecule has 1 aromatic heterocycles. The Morgan fingerprint density at radius 3 is 2.63 bits per heavy atom. The molecule has 0 aliphatic carbocycles. The molecule has 3 aromatic carbocycles. The van der Waals surface area contributed by atoms with E-state index < -0.39 is 0 Å². The zero-order valence-electron chi connectivity index (χ0n) is 16.3. The first kappa shape index (κ1) is 18.5. The maximum atomic E-state index is 13.3. The van der Waals surface area contributed by atoms with Crippen LogP contribution in [-0.4, -0.2) is 27.5 Å². The SMILES string of the molecule is O=C(c1ccc2ccccc2c1)N1CCCCC1c1nc(-c2ccc(F)cc2)no1. The fraction of sp³-hybridized carbons (Fsp3) is 0.208. The zero-order chi connectivity index (χ0) is 20.5. The Morgan fingerprint density at radius 2 is 1.80 bits per heavy atom. The molecule has 1 fully saturated rings. The number of rotatable bonds is 3. The highest BCUT2D eigenvalue weighted by atomic mass is 19.1. The molecule has 1 aliphatic rings. The van der Waals surface area contributed by atoms with Gasteiger partial charge in [-0.1, -0.05) is 35.5 Å². The molecule has 150 valence electrons. The summed E-state index contributed by atoms with van der Waals surface area (Å²) in [7, 11) is 0. The summed E-state index contributed by atoms with van der Waals surface area (Å²) in [6.45, 7) is 0.643. The molecule has 1 aliphatic heterocycles. The lowest BCUT2D eigenvalue weighted by molar-refractivity contribution is 0.0561.